The van der Waals surface area contributed by atoms with E-state index in [9.17, 15) is 18.4 Å². The van der Waals surface area contributed by atoms with Crippen LogP contribution < -0.4 is 15.6 Å². The third kappa shape index (κ3) is 5.09. The highest BCUT2D eigenvalue weighted by atomic mass is 32.2. The van der Waals surface area contributed by atoms with Gasteiger partial charge in [-0.3, -0.25) is 18.8 Å². The number of benzene rings is 2. The van der Waals surface area contributed by atoms with E-state index in [0.717, 1.165) is 29.5 Å². The highest BCUT2D eigenvalue weighted by Gasteiger charge is 2.17. The van der Waals surface area contributed by atoms with Crippen LogP contribution in [-0.4, -0.2) is 38.1 Å². The fourth-order valence-electron chi connectivity index (χ4n) is 3.26. The first-order valence-corrected chi connectivity index (χ1v) is 11.3. The number of aromatic nitrogens is 4. The Morgan fingerprint density at radius 1 is 1.18 bits per heavy atom. The van der Waals surface area contributed by atoms with Gasteiger partial charge in [-0.05, 0) is 36.8 Å². The molecule has 0 bridgehead atoms. The van der Waals surface area contributed by atoms with Gasteiger partial charge in [-0.2, -0.15) is 5.10 Å². The van der Waals surface area contributed by atoms with Crippen molar-refractivity contribution in [3.05, 3.63) is 76.2 Å². The minimum Gasteiger partial charge on any atom is -0.497 e. The number of fused-ring (bicyclic) bond motifs is 1. The molecule has 2 aromatic heterocycles. The second kappa shape index (κ2) is 10.0. The van der Waals surface area contributed by atoms with Gasteiger partial charge in [0.15, 0.2) is 10.7 Å². The molecule has 0 fully saturated rings. The van der Waals surface area contributed by atoms with E-state index in [0.29, 0.717) is 29.0 Å². The fraction of sp³-hybridized carbons (Fsp3) is 0.217. The van der Waals surface area contributed by atoms with Gasteiger partial charge in [0, 0.05) is 12.6 Å². The van der Waals surface area contributed by atoms with E-state index < -0.39 is 17.5 Å². The topological polar surface area (TPSA) is 91.0 Å². The molecule has 0 aliphatic heterocycles. The molecule has 0 unspecified atom stereocenters. The number of nitrogens with one attached hydrogen (secondary N) is 1. The Morgan fingerprint density at radius 3 is 2.62 bits per heavy atom. The van der Waals surface area contributed by atoms with E-state index in [1.807, 2.05) is 19.1 Å². The number of nitrogens with zero attached hydrogens (tertiary/aromatic N) is 4. The fourth-order valence-corrected chi connectivity index (χ4v) is 4.05. The summed E-state index contributed by atoms with van der Waals surface area (Å²) in [6, 6.07) is 10.1. The van der Waals surface area contributed by atoms with Crippen molar-refractivity contribution in [2.45, 2.75) is 25.2 Å². The van der Waals surface area contributed by atoms with Gasteiger partial charge in [-0.15, -0.1) is 0 Å². The zero-order valence-electron chi connectivity index (χ0n) is 18.4. The lowest BCUT2D eigenvalue weighted by atomic mass is 10.2. The Bertz CT molecular complexity index is 1400. The van der Waals surface area contributed by atoms with Gasteiger partial charge in [-0.1, -0.05) is 23.9 Å². The normalized spacial score (nSPS) is 11.1. The van der Waals surface area contributed by atoms with E-state index in [1.165, 1.54) is 4.57 Å². The maximum Gasteiger partial charge on any atom is 0.282 e. The maximum absolute atomic E-state index is 13.9. The molecular formula is C23H21F2N5O3S. The highest BCUT2D eigenvalue weighted by Crippen LogP contribution is 2.21. The molecule has 0 saturated carbocycles. The van der Waals surface area contributed by atoms with Crippen molar-refractivity contribution < 1.29 is 18.3 Å². The van der Waals surface area contributed by atoms with Crippen molar-refractivity contribution >= 4 is 34.4 Å². The molecule has 11 heteroatoms. The number of ether oxygens (including phenoxy) is 1. The number of anilines is 1. The highest BCUT2D eigenvalue weighted by molar-refractivity contribution is 7.99. The Kier molecular flexibility index (Phi) is 6.92. The maximum atomic E-state index is 13.9. The number of carbonyl (C=O) groups is 1. The molecule has 176 valence electrons. The quantitative estimate of drug-likeness (QED) is 0.303. The van der Waals surface area contributed by atoms with Crippen LogP contribution in [0, 0.1) is 11.6 Å². The molecule has 0 aliphatic carbocycles. The third-order valence-corrected chi connectivity index (χ3v) is 5.97. The summed E-state index contributed by atoms with van der Waals surface area (Å²) in [6.45, 7) is 2.68. The predicted octanol–water partition coefficient (Wildman–Crippen LogP) is 3.68. The first-order valence-electron chi connectivity index (χ1n) is 10.4. The summed E-state index contributed by atoms with van der Waals surface area (Å²) in [7, 11) is 1.57. The lowest BCUT2D eigenvalue weighted by Gasteiger charge is -2.12. The van der Waals surface area contributed by atoms with E-state index in [4.69, 9.17) is 4.74 Å². The zero-order valence-corrected chi connectivity index (χ0v) is 19.2. The number of rotatable bonds is 8. The van der Waals surface area contributed by atoms with Crippen molar-refractivity contribution in [3.63, 3.8) is 0 Å². The molecule has 4 rings (SSSR count). The smallest absolute Gasteiger partial charge is 0.282 e. The molecule has 1 amide bonds. The minimum absolute atomic E-state index is 0.129. The average Bonchev–Trinajstić information content (AvgIpc) is 3.25. The van der Waals surface area contributed by atoms with Crippen LogP contribution in [0.2, 0.25) is 0 Å². The molecule has 34 heavy (non-hydrogen) atoms. The zero-order chi connectivity index (χ0) is 24.2. The number of hydrogen-bond donors (Lipinski definition) is 1. The number of aryl methyl sites for hydroxylation is 1. The van der Waals surface area contributed by atoms with Crippen molar-refractivity contribution in [1.29, 1.82) is 0 Å². The Labute approximate surface area is 197 Å². The van der Waals surface area contributed by atoms with Crippen molar-refractivity contribution in [2.75, 3.05) is 18.2 Å². The van der Waals surface area contributed by atoms with E-state index in [2.05, 4.69) is 15.4 Å². The average molecular weight is 486 g/mol. The van der Waals surface area contributed by atoms with Crippen molar-refractivity contribution in [2.24, 2.45) is 0 Å². The summed E-state index contributed by atoms with van der Waals surface area (Å²) in [6.07, 6.45) is 1.67. The molecule has 0 spiro atoms. The van der Waals surface area contributed by atoms with Crippen LogP contribution in [0.5, 0.6) is 5.75 Å². The number of amides is 1. The summed E-state index contributed by atoms with van der Waals surface area (Å²) < 4.78 is 35.2. The van der Waals surface area contributed by atoms with Crippen LogP contribution in [0.3, 0.4) is 0 Å². The number of methoxy groups -OCH3 is 1. The molecule has 4 aromatic rings. The lowest BCUT2D eigenvalue weighted by Crippen LogP contribution is -2.25. The third-order valence-electron chi connectivity index (χ3n) is 5.00. The largest absolute Gasteiger partial charge is 0.497 e. The van der Waals surface area contributed by atoms with Crippen LogP contribution in [0.25, 0.3) is 11.0 Å². The Hall–Kier alpha value is -3.73. The van der Waals surface area contributed by atoms with Crippen LogP contribution in [0.15, 0.2) is 58.6 Å². The molecule has 8 nitrogen and oxygen atoms in total. The Balaban J connectivity index is 1.61. The second-order valence-corrected chi connectivity index (χ2v) is 8.26. The standard InChI is InChI=1S/C23H21F2N5O3S/c1-3-29-12-19-21(28-29)22(32)30(11-14-4-7-16(33-2)8-5-14)23(27-19)34-13-20(31)26-18-9-6-15(24)10-17(18)25/h4-10,12H,3,11,13H2,1-2H3,(H,26,31). The van der Waals surface area contributed by atoms with E-state index in [-0.39, 0.29) is 29.1 Å². The predicted molar refractivity (Wildman–Crippen MR) is 125 cm³/mol. The molecule has 0 radical (unpaired) electrons. The van der Waals surface area contributed by atoms with E-state index >= 15 is 0 Å². The van der Waals surface area contributed by atoms with Gasteiger partial charge in [0.2, 0.25) is 5.91 Å². The van der Waals surface area contributed by atoms with Gasteiger partial charge in [0.1, 0.15) is 22.9 Å². The number of thioether (sulfide) groups is 1. The summed E-state index contributed by atoms with van der Waals surface area (Å²) in [5.74, 6) is -1.59. The molecule has 0 atom stereocenters. The van der Waals surface area contributed by atoms with Crippen molar-refractivity contribution in [3.8, 4) is 5.75 Å². The number of halogens is 2. The lowest BCUT2D eigenvalue weighted by molar-refractivity contribution is -0.113. The molecule has 0 saturated heterocycles. The molecule has 2 heterocycles. The molecule has 0 aliphatic rings. The SMILES string of the molecule is CCn1cc2nc(SCC(=O)Nc3ccc(F)cc3F)n(Cc3ccc(OC)cc3)c(=O)c2n1. The van der Waals surface area contributed by atoms with Crippen LogP contribution >= 0.6 is 11.8 Å². The first kappa shape index (κ1) is 23.4. The Morgan fingerprint density at radius 2 is 1.94 bits per heavy atom. The van der Waals surface area contributed by atoms with Gasteiger partial charge >= 0.3 is 0 Å². The second-order valence-electron chi connectivity index (χ2n) is 7.31. The van der Waals surface area contributed by atoms with Crippen LogP contribution in [0.1, 0.15) is 12.5 Å². The molecule has 2 aromatic carbocycles. The van der Waals surface area contributed by atoms with Gasteiger partial charge < -0.3 is 10.1 Å². The van der Waals surface area contributed by atoms with Crippen LogP contribution in [-0.2, 0) is 17.9 Å². The summed E-state index contributed by atoms with van der Waals surface area (Å²) in [4.78, 5) is 30.2. The summed E-state index contributed by atoms with van der Waals surface area (Å²) in [5.41, 5.74) is 1.03. The van der Waals surface area contributed by atoms with Gasteiger partial charge in [0.25, 0.3) is 5.56 Å². The minimum atomic E-state index is -0.874. The van der Waals surface area contributed by atoms with Gasteiger partial charge in [0.05, 0.1) is 31.3 Å². The summed E-state index contributed by atoms with van der Waals surface area (Å²) in [5, 5.41) is 7.04. The monoisotopic (exact) mass is 485 g/mol. The molecular weight excluding hydrogens is 464 g/mol. The van der Waals surface area contributed by atoms with Gasteiger partial charge in [-0.25, -0.2) is 13.8 Å². The number of hydrogen-bond acceptors (Lipinski definition) is 6. The number of carbonyl (C=O) groups excluding carboxylic acids is 1. The van der Waals surface area contributed by atoms with Crippen molar-refractivity contribution in [1.82, 2.24) is 19.3 Å². The van der Waals surface area contributed by atoms with Crippen LogP contribution in [0.4, 0.5) is 14.5 Å². The molecule has 1 N–H and O–H groups in total. The van der Waals surface area contributed by atoms with E-state index in [1.54, 1.807) is 30.1 Å². The summed E-state index contributed by atoms with van der Waals surface area (Å²) >= 11 is 1.04. The first-order chi connectivity index (χ1) is 16.4.